The SMILES string of the molecule is Cc1cc(I)ccc1Nc1c(C(=O)N(Br)OC(C)CO)ccc(F)c1F. The number of benzene rings is 2. The number of amides is 1. The molecule has 9 heteroatoms. The molecule has 0 fully saturated rings. The number of anilines is 2. The summed E-state index contributed by atoms with van der Waals surface area (Å²) in [4.78, 5) is 17.7. The number of carbonyl (C=O) groups is 1. The monoisotopic (exact) mass is 540 g/mol. The summed E-state index contributed by atoms with van der Waals surface area (Å²) >= 11 is 5.05. The van der Waals surface area contributed by atoms with E-state index in [4.69, 9.17) is 9.94 Å². The highest BCUT2D eigenvalue weighted by Gasteiger charge is 2.24. The van der Waals surface area contributed by atoms with E-state index in [0.29, 0.717) is 9.78 Å². The Balaban J connectivity index is 2.41. The molecular weight excluding hydrogens is 525 g/mol. The predicted molar refractivity (Wildman–Crippen MR) is 106 cm³/mol. The van der Waals surface area contributed by atoms with Crippen molar-refractivity contribution in [2.75, 3.05) is 11.9 Å². The zero-order valence-corrected chi connectivity index (χ0v) is 17.6. The lowest BCUT2D eigenvalue weighted by molar-refractivity contribution is -0.101. The summed E-state index contributed by atoms with van der Waals surface area (Å²) in [5, 5.41) is 11.8. The highest BCUT2D eigenvalue weighted by molar-refractivity contribution is 14.1. The van der Waals surface area contributed by atoms with Crippen LogP contribution in [0.1, 0.15) is 22.8 Å². The van der Waals surface area contributed by atoms with Crippen molar-refractivity contribution < 1.29 is 23.5 Å². The topological polar surface area (TPSA) is 61.8 Å². The molecule has 140 valence electrons. The number of hydrogen-bond donors (Lipinski definition) is 2. The maximum Gasteiger partial charge on any atom is 0.290 e. The van der Waals surface area contributed by atoms with Gasteiger partial charge in [-0.25, -0.2) is 8.78 Å². The normalized spacial score (nSPS) is 12.0. The number of aryl methyl sites for hydroxylation is 1. The summed E-state index contributed by atoms with van der Waals surface area (Å²) in [6, 6.07) is 7.41. The zero-order chi connectivity index (χ0) is 19.4. The second-order valence-electron chi connectivity index (χ2n) is 5.52. The maximum atomic E-state index is 14.4. The second kappa shape index (κ2) is 9.07. The van der Waals surface area contributed by atoms with E-state index in [1.54, 1.807) is 19.1 Å². The van der Waals surface area contributed by atoms with Crippen LogP contribution in [0.4, 0.5) is 20.2 Å². The Morgan fingerprint density at radius 3 is 2.69 bits per heavy atom. The van der Waals surface area contributed by atoms with Crippen LogP contribution in [0.2, 0.25) is 0 Å². The minimum absolute atomic E-state index is 0.135. The molecule has 0 bridgehead atoms. The van der Waals surface area contributed by atoms with E-state index in [2.05, 4.69) is 44.1 Å². The molecule has 5 nitrogen and oxygen atoms in total. The molecule has 0 heterocycles. The molecule has 0 saturated heterocycles. The van der Waals surface area contributed by atoms with E-state index in [-0.39, 0.29) is 17.9 Å². The van der Waals surface area contributed by atoms with Crippen LogP contribution in [-0.4, -0.2) is 27.8 Å². The average molecular weight is 541 g/mol. The van der Waals surface area contributed by atoms with Crippen molar-refractivity contribution in [1.29, 1.82) is 0 Å². The molecule has 1 unspecified atom stereocenters. The summed E-state index contributed by atoms with van der Waals surface area (Å²) in [6.45, 7) is 3.03. The van der Waals surface area contributed by atoms with Crippen molar-refractivity contribution in [1.82, 2.24) is 4.09 Å². The Labute approximate surface area is 171 Å². The number of rotatable bonds is 6. The summed E-state index contributed by atoms with van der Waals surface area (Å²) < 4.78 is 29.8. The third-order valence-electron chi connectivity index (χ3n) is 3.46. The first kappa shape index (κ1) is 21.0. The average Bonchev–Trinajstić information content (AvgIpc) is 2.60. The Morgan fingerprint density at radius 1 is 1.38 bits per heavy atom. The molecule has 2 aromatic carbocycles. The Kier molecular flexibility index (Phi) is 7.33. The molecule has 26 heavy (non-hydrogen) atoms. The first-order chi connectivity index (χ1) is 12.2. The quantitative estimate of drug-likeness (QED) is 0.317. The molecule has 0 aliphatic heterocycles. The van der Waals surface area contributed by atoms with Gasteiger partial charge in [0.15, 0.2) is 11.6 Å². The molecule has 1 amide bonds. The molecule has 0 saturated carbocycles. The number of halogens is 4. The fourth-order valence-electron chi connectivity index (χ4n) is 2.09. The van der Waals surface area contributed by atoms with E-state index in [9.17, 15) is 13.6 Å². The van der Waals surface area contributed by atoms with E-state index in [1.807, 2.05) is 13.0 Å². The molecule has 0 radical (unpaired) electrons. The van der Waals surface area contributed by atoms with Gasteiger partial charge >= 0.3 is 0 Å². The molecule has 2 rings (SSSR count). The summed E-state index contributed by atoms with van der Waals surface area (Å²) in [7, 11) is 0. The van der Waals surface area contributed by atoms with Crippen LogP contribution in [0.15, 0.2) is 30.3 Å². The van der Waals surface area contributed by atoms with Crippen molar-refractivity contribution in [2.45, 2.75) is 20.0 Å². The van der Waals surface area contributed by atoms with E-state index >= 15 is 0 Å². The van der Waals surface area contributed by atoms with Gasteiger partial charge < -0.3 is 10.4 Å². The zero-order valence-electron chi connectivity index (χ0n) is 13.9. The number of hydroxylamine groups is 1. The fraction of sp³-hybridized carbons (Fsp3) is 0.235. The van der Waals surface area contributed by atoms with E-state index < -0.39 is 23.6 Å². The van der Waals surface area contributed by atoms with Crippen LogP contribution >= 0.6 is 38.7 Å². The number of aliphatic hydroxyl groups excluding tert-OH is 1. The Morgan fingerprint density at radius 2 is 2.08 bits per heavy atom. The van der Waals surface area contributed by atoms with E-state index in [1.165, 1.54) is 0 Å². The lowest BCUT2D eigenvalue weighted by Crippen LogP contribution is -2.28. The number of nitrogens with zero attached hydrogens (tertiary/aromatic N) is 1. The first-order valence-electron chi connectivity index (χ1n) is 7.53. The second-order valence-corrected chi connectivity index (χ2v) is 7.41. The van der Waals surface area contributed by atoms with Gasteiger partial charge in [-0.1, -0.05) is 0 Å². The summed E-state index contributed by atoms with van der Waals surface area (Å²) in [5.41, 5.74) is 0.905. The van der Waals surface area contributed by atoms with Crippen LogP contribution in [0, 0.1) is 22.1 Å². The number of hydrogen-bond acceptors (Lipinski definition) is 4. The highest BCUT2D eigenvalue weighted by atomic mass is 127. The first-order valence-corrected chi connectivity index (χ1v) is 9.32. The third-order valence-corrected chi connectivity index (χ3v) is 4.62. The molecule has 0 aliphatic rings. The number of nitrogens with one attached hydrogen (secondary N) is 1. The predicted octanol–water partition coefficient (Wildman–Crippen LogP) is 4.69. The molecule has 0 aliphatic carbocycles. The standard InChI is InChI=1S/C17H16BrF2IN2O3/c1-9-7-11(21)3-6-14(9)22-16-12(4-5-13(19)15(16)20)17(25)23(18)26-10(2)8-24/h3-7,10,22,24H,8H2,1-2H3. The lowest BCUT2D eigenvalue weighted by Gasteiger charge is -2.20. The van der Waals surface area contributed by atoms with Crippen molar-refractivity contribution in [2.24, 2.45) is 0 Å². The van der Waals surface area contributed by atoms with Crippen molar-refractivity contribution in [3.8, 4) is 0 Å². The summed E-state index contributed by atoms with van der Waals surface area (Å²) in [6.07, 6.45) is -0.668. The molecule has 0 spiro atoms. The fourth-order valence-corrected chi connectivity index (χ4v) is 3.21. The van der Waals surface area contributed by atoms with Crippen LogP contribution in [0.3, 0.4) is 0 Å². The minimum atomic E-state index is -1.18. The maximum absolute atomic E-state index is 14.4. The van der Waals surface area contributed by atoms with Gasteiger partial charge in [0.1, 0.15) is 6.10 Å². The molecule has 1 atom stereocenters. The van der Waals surface area contributed by atoms with Gasteiger partial charge in [-0.05, 0) is 72.3 Å². The highest BCUT2D eigenvalue weighted by Crippen LogP contribution is 2.30. The number of aliphatic hydroxyl groups is 1. The van der Waals surface area contributed by atoms with Gasteiger partial charge in [-0.15, -0.1) is 4.09 Å². The van der Waals surface area contributed by atoms with E-state index in [0.717, 1.165) is 21.3 Å². The van der Waals surface area contributed by atoms with Gasteiger partial charge in [0.25, 0.3) is 5.91 Å². The molecule has 2 aromatic rings. The number of carbonyl (C=O) groups excluding carboxylic acids is 1. The van der Waals surface area contributed by atoms with Crippen molar-refractivity contribution >= 4 is 56.0 Å². The molecular formula is C17H16BrF2IN2O3. The van der Waals surface area contributed by atoms with Gasteiger partial charge in [-0.2, -0.15) is 0 Å². The van der Waals surface area contributed by atoms with Gasteiger partial charge in [0.05, 0.1) is 34.0 Å². The minimum Gasteiger partial charge on any atom is -0.394 e. The lowest BCUT2D eigenvalue weighted by atomic mass is 10.1. The van der Waals surface area contributed by atoms with Crippen LogP contribution in [-0.2, 0) is 4.84 Å². The van der Waals surface area contributed by atoms with Crippen molar-refractivity contribution in [3.63, 3.8) is 0 Å². The Bertz CT molecular complexity index is 823. The van der Waals surface area contributed by atoms with Gasteiger partial charge in [-0.3, -0.25) is 9.63 Å². The molecule has 2 N–H and O–H groups in total. The van der Waals surface area contributed by atoms with Gasteiger partial charge in [0, 0.05) is 9.26 Å². The largest absolute Gasteiger partial charge is 0.394 e. The smallest absolute Gasteiger partial charge is 0.290 e. The van der Waals surface area contributed by atoms with Crippen LogP contribution < -0.4 is 5.32 Å². The third kappa shape index (κ3) is 4.90. The molecule has 0 aromatic heterocycles. The van der Waals surface area contributed by atoms with Crippen LogP contribution in [0.25, 0.3) is 0 Å². The Hall–Kier alpha value is -1.30. The van der Waals surface area contributed by atoms with Crippen LogP contribution in [0.5, 0.6) is 0 Å². The van der Waals surface area contributed by atoms with Gasteiger partial charge in [0.2, 0.25) is 0 Å². The summed E-state index contributed by atoms with van der Waals surface area (Å²) in [5.74, 6) is -3.02. The van der Waals surface area contributed by atoms with Crippen molar-refractivity contribution in [3.05, 3.63) is 56.7 Å².